The molecule has 0 atom stereocenters. The van der Waals surface area contributed by atoms with E-state index in [1.807, 2.05) is 11.8 Å². The van der Waals surface area contributed by atoms with E-state index in [2.05, 4.69) is 32.9 Å². The van der Waals surface area contributed by atoms with Crippen LogP contribution in [0.3, 0.4) is 0 Å². The van der Waals surface area contributed by atoms with Gasteiger partial charge in [-0.05, 0) is 43.2 Å². The number of hydrogen-bond donors (Lipinski definition) is 1. The van der Waals surface area contributed by atoms with Gasteiger partial charge in [-0.15, -0.1) is 11.8 Å². The van der Waals surface area contributed by atoms with Crippen molar-refractivity contribution in [3.8, 4) is 0 Å². The number of aryl methyl sites for hydroxylation is 2. The van der Waals surface area contributed by atoms with E-state index in [-0.39, 0.29) is 0 Å². The van der Waals surface area contributed by atoms with Crippen LogP contribution in [0.4, 0.5) is 5.69 Å². The van der Waals surface area contributed by atoms with E-state index < -0.39 is 0 Å². The highest BCUT2D eigenvalue weighted by atomic mass is 32.2. The van der Waals surface area contributed by atoms with Gasteiger partial charge in [-0.1, -0.05) is 13.0 Å². The molecule has 1 aromatic rings. The van der Waals surface area contributed by atoms with E-state index >= 15 is 0 Å². The van der Waals surface area contributed by atoms with Gasteiger partial charge in [0.25, 0.3) is 0 Å². The first-order valence-electron chi connectivity index (χ1n) is 4.64. The van der Waals surface area contributed by atoms with Crippen molar-refractivity contribution in [2.45, 2.75) is 32.1 Å². The number of benzene rings is 1. The van der Waals surface area contributed by atoms with Gasteiger partial charge in [0.05, 0.1) is 0 Å². The third kappa shape index (κ3) is 2.66. The molecule has 0 saturated carbocycles. The van der Waals surface area contributed by atoms with Gasteiger partial charge in [0.1, 0.15) is 0 Å². The zero-order chi connectivity index (χ0) is 9.84. The molecule has 2 N–H and O–H groups in total. The molecule has 0 saturated heterocycles. The summed E-state index contributed by atoms with van der Waals surface area (Å²) in [6, 6.07) is 4.30. The second-order valence-electron chi connectivity index (χ2n) is 3.34. The molecule has 0 amide bonds. The van der Waals surface area contributed by atoms with Crippen molar-refractivity contribution >= 4 is 17.4 Å². The van der Waals surface area contributed by atoms with Crippen molar-refractivity contribution in [2.75, 3.05) is 11.5 Å². The number of anilines is 1. The fraction of sp³-hybridized carbons (Fsp3) is 0.455. The van der Waals surface area contributed by atoms with Crippen LogP contribution in [0.2, 0.25) is 0 Å². The Morgan fingerprint density at radius 2 is 2.00 bits per heavy atom. The summed E-state index contributed by atoms with van der Waals surface area (Å²) in [4.78, 5) is 1.24. The summed E-state index contributed by atoms with van der Waals surface area (Å²) in [5, 5.41) is 0. The third-order valence-electron chi connectivity index (χ3n) is 1.95. The molecular weight excluding hydrogens is 178 g/mol. The van der Waals surface area contributed by atoms with Crippen LogP contribution in [0.15, 0.2) is 17.0 Å². The molecule has 0 aromatic heterocycles. The van der Waals surface area contributed by atoms with Crippen molar-refractivity contribution in [2.24, 2.45) is 0 Å². The Bertz CT molecular complexity index is 294. The fourth-order valence-corrected chi connectivity index (χ4v) is 2.28. The molecule has 2 heteroatoms. The topological polar surface area (TPSA) is 26.0 Å². The second kappa shape index (κ2) is 4.56. The van der Waals surface area contributed by atoms with Gasteiger partial charge in [-0.25, -0.2) is 0 Å². The molecule has 0 radical (unpaired) electrons. The van der Waals surface area contributed by atoms with Crippen molar-refractivity contribution in [3.63, 3.8) is 0 Å². The van der Waals surface area contributed by atoms with Crippen molar-refractivity contribution in [1.29, 1.82) is 0 Å². The zero-order valence-electron chi connectivity index (χ0n) is 8.55. The first kappa shape index (κ1) is 10.5. The maximum Gasteiger partial charge on any atom is 0.0482 e. The van der Waals surface area contributed by atoms with Gasteiger partial charge in [-0.3, -0.25) is 0 Å². The number of hydrogen-bond acceptors (Lipinski definition) is 2. The van der Waals surface area contributed by atoms with Crippen LogP contribution < -0.4 is 5.73 Å². The number of nitrogen functional groups attached to an aromatic ring is 1. The minimum Gasteiger partial charge on any atom is -0.398 e. The van der Waals surface area contributed by atoms with Gasteiger partial charge in [0.15, 0.2) is 0 Å². The molecule has 0 spiro atoms. The standard InChI is InChI=1S/C11H17NS/c1-4-5-13-10-7-8(2)6-9(3)11(10)12/h6-7H,4-5,12H2,1-3H3. The first-order valence-corrected chi connectivity index (χ1v) is 5.63. The summed E-state index contributed by atoms with van der Waals surface area (Å²) in [6.45, 7) is 6.37. The number of thioether (sulfide) groups is 1. The van der Waals surface area contributed by atoms with Crippen molar-refractivity contribution < 1.29 is 0 Å². The Hall–Kier alpha value is -0.630. The maximum atomic E-state index is 5.97. The predicted octanol–water partition coefficient (Wildman–Crippen LogP) is 3.39. The molecule has 0 aliphatic carbocycles. The fourth-order valence-electron chi connectivity index (χ4n) is 1.27. The van der Waals surface area contributed by atoms with Gasteiger partial charge in [0.2, 0.25) is 0 Å². The molecule has 1 aromatic carbocycles. The molecule has 0 heterocycles. The maximum absolute atomic E-state index is 5.97. The SMILES string of the molecule is CCCSc1cc(C)cc(C)c1N. The largest absolute Gasteiger partial charge is 0.398 e. The lowest BCUT2D eigenvalue weighted by molar-refractivity contribution is 1.10. The predicted molar refractivity (Wildman–Crippen MR) is 61.3 cm³/mol. The van der Waals surface area contributed by atoms with Gasteiger partial charge in [0, 0.05) is 10.6 Å². The normalized spacial score (nSPS) is 10.4. The average Bonchev–Trinajstić information content (AvgIpc) is 2.09. The van der Waals surface area contributed by atoms with E-state index in [4.69, 9.17) is 5.73 Å². The van der Waals surface area contributed by atoms with Crippen LogP contribution in [0, 0.1) is 13.8 Å². The Labute approximate surface area is 84.7 Å². The number of rotatable bonds is 3. The summed E-state index contributed by atoms with van der Waals surface area (Å²) >= 11 is 1.85. The molecule has 72 valence electrons. The van der Waals surface area contributed by atoms with Crippen molar-refractivity contribution in [3.05, 3.63) is 23.3 Å². The lowest BCUT2D eigenvalue weighted by Gasteiger charge is -2.08. The Morgan fingerprint density at radius 1 is 1.31 bits per heavy atom. The van der Waals surface area contributed by atoms with E-state index in [1.54, 1.807) is 0 Å². The summed E-state index contributed by atoms with van der Waals surface area (Å²) in [6.07, 6.45) is 1.19. The Balaban J connectivity index is 2.92. The Kier molecular flexibility index (Phi) is 3.67. The molecule has 0 bridgehead atoms. The summed E-state index contributed by atoms with van der Waals surface area (Å²) < 4.78 is 0. The average molecular weight is 195 g/mol. The number of nitrogens with two attached hydrogens (primary N) is 1. The van der Waals surface area contributed by atoms with Crippen LogP contribution in [-0.2, 0) is 0 Å². The van der Waals surface area contributed by atoms with Crippen LogP contribution in [0.25, 0.3) is 0 Å². The molecule has 0 unspecified atom stereocenters. The molecular formula is C11H17NS. The first-order chi connectivity index (χ1) is 6.15. The van der Waals surface area contributed by atoms with Gasteiger partial charge >= 0.3 is 0 Å². The monoisotopic (exact) mass is 195 g/mol. The lowest BCUT2D eigenvalue weighted by atomic mass is 10.1. The van der Waals surface area contributed by atoms with E-state index in [9.17, 15) is 0 Å². The highest BCUT2D eigenvalue weighted by Crippen LogP contribution is 2.29. The minimum atomic E-state index is 0.948. The molecule has 13 heavy (non-hydrogen) atoms. The van der Waals surface area contributed by atoms with Crippen LogP contribution in [0.1, 0.15) is 24.5 Å². The van der Waals surface area contributed by atoms with Gasteiger partial charge < -0.3 is 5.73 Å². The molecule has 0 fully saturated rings. The van der Waals surface area contributed by atoms with Crippen LogP contribution in [0.5, 0.6) is 0 Å². The summed E-state index contributed by atoms with van der Waals surface area (Å²) in [7, 11) is 0. The van der Waals surface area contributed by atoms with E-state index in [1.165, 1.54) is 22.4 Å². The zero-order valence-corrected chi connectivity index (χ0v) is 9.37. The Morgan fingerprint density at radius 3 is 2.62 bits per heavy atom. The van der Waals surface area contributed by atoms with Crippen LogP contribution in [-0.4, -0.2) is 5.75 Å². The summed E-state index contributed by atoms with van der Waals surface area (Å²) in [5.41, 5.74) is 9.41. The third-order valence-corrected chi connectivity index (χ3v) is 3.22. The molecule has 1 nitrogen and oxygen atoms in total. The van der Waals surface area contributed by atoms with Crippen molar-refractivity contribution in [1.82, 2.24) is 0 Å². The van der Waals surface area contributed by atoms with E-state index in [0.717, 1.165) is 11.4 Å². The van der Waals surface area contributed by atoms with E-state index in [0.29, 0.717) is 0 Å². The lowest BCUT2D eigenvalue weighted by Crippen LogP contribution is -1.94. The highest BCUT2D eigenvalue weighted by Gasteiger charge is 2.02. The highest BCUT2D eigenvalue weighted by molar-refractivity contribution is 7.99. The quantitative estimate of drug-likeness (QED) is 0.591. The van der Waals surface area contributed by atoms with Crippen LogP contribution >= 0.6 is 11.8 Å². The summed E-state index contributed by atoms with van der Waals surface area (Å²) in [5.74, 6) is 1.15. The van der Waals surface area contributed by atoms with Gasteiger partial charge in [-0.2, -0.15) is 0 Å². The smallest absolute Gasteiger partial charge is 0.0482 e. The second-order valence-corrected chi connectivity index (χ2v) is 4.48. The minimum absolute atomic E-state index is 0.948. The molecule has 1 rings (SSSR count). The molecule has 0 aliphatic heterocycles. The molecule has 0 aliphatic rings.